The Hall–Kier alpha value is -1.91. The lowest BCUT2D eigenvalue weighted by atomic mass is 10.3. The second-order valence-electron chi connectivity index (χ2n) is 2.59. The summed E-state index contributed by atoms with van der Waals surface area (Å²) in [5.41, 5.74) is 5.29. The summed E-state index contributed by atoms with van der Waals surface area (Å²) in [6, 6.07) is 3.04. The quantitative estimate of drug-likeness (QED) is 0.511. The molecule has 0 heterocycles. The minimum absolute atomic E-state index is 0.144. The van der Waals surface area contributed by atoms with Gasteiger partial charge in [0.05, 0.1) is 0 Å². The van der Waals surface area contributed by atoms with Crippen LogP contribution in [0, 0.1) is 17.0 Å². The zero-order chi connectivity index (χ0) is 10.6. The Balaban J connectivity index is 2.72. The Kier molecular flexibility index (Phi) is 3.17. The van der Waals surface area contributed by atoms with Crippen LogP contribution in [0.1, 0.15) is 0 Å². The van der Waals surface area contributed by atoms with Gasteiger partial charge in [-0.25, -0.2) is 8.78 Å². The number of amidine groups is 1. The fourth-order valence-corrected chi connectivity index (χ4v) is 0.865. The molecule has 1 rings (SSSR count). The molecule has 0 amide bonds. The van der Waals surface area contributed by atoms with Gasteiger partial charge in [0.25, 0.3) is 0 Å². The third kappa shape index (κ3) is 3.22. The van der Waals surface area contributed by atoms with Gasteiger partial charge in [0, 0.05) is 18.0 Å². The van der Waals surface area contributed by atoms with Crippen LogP contribution in [0.25, 0.3) is 0 Å². The van der Waals surface area contributed by atoms with E-state index in [1.807, 2.05) is 0 Å². The van der Waals surface area contributed by atoms with Crippen molar-refractivity contribution in [1.29, 1.82) is 5.41 Å². The van der Waals surface area contributed by atoms with E-state index in [0.29, 0.717) is 0 Å². The Morgan fingerprint density at radius 2 is 1.86 bits per heavy atom. The summed E-state index contributed by atoms with van der Waals surface area (Å²) in [6.45, 7) is 0. The van der Waals surface area contributed by atoms with Gasteiger partial charge in [-0.1, -0.05) is 0 Å². The van der Waals surface area contributed by atoms with Crippen LogP contribution in [-0.2, 0) is 0 Å². The maximum Gasteiger partial charge on any atom is 0.128 e. The standard InChI is InChI=1S/C9H9F2N3/c10-6-3-7(11)5-8(4-6)14-2-1-9(12)13/h1-5,14H,(H3,12,13)/b2-1-. The summed E-state index contributed by atoms with van der Waals surface area (Å²) in [7, 11) is 0. The number of anilines is 1. The second kappa shape index (κ2) is 4.36. The molecule has 0 radical (unpaired) electrons. The minimum Gasteiger partial charge on any atom is -0.384 e. The molecular weight excluding hydrogens is 188 g/mol. The first-order valence-electron chi connectivity index (χ1n) is 3.81. The van der Waals surface area contributed by atoms with Crippen molar-refractivity contribution in [2.24, 2.45) is 5.73 Å². The van der Waals surface area contributed by atoms with E-state index in [4.69, 9.17) is 11.1 Å². The largest absolute Gasteiger partial charge is 0.384 e. The Bertz CT molecular complexity index is 354. The highest BCUT2D eigenvalue weighted by molar-refractivity contribution is 5.88. The molecule has 0 aliphatic rings. The molecule has 0 aromatic heterocycles. The van der Waals surface area contributed by atoms with Crippen LogP contribution in [0.3, 0.4) is 0 Å². The first-order chi connectivity index (χ1) is 6.58. The van der Waals surface area contributed by atoms with E-state index in [1.54, 1.807) is 0 Å². The molecule has 74 valence electrons. The molecule has 0 saturated carbocycles. The number of benzene rings is 1. The minimum atomic E-state index is -0.663. The number of rotatable bonds is 3. The molecule has 0 unspecified atom stereocenters. The summed E-state index contributed by atoms with van der Waals surface area (Å²) in [6.07, 6.45) is 2.60. The van der Waals surface area contributed by atoms with E-state index in [1.165, 1.54) is 12.3 Å². The van der Waals surface area contributed by atoms with Gasteiger partial charge in [0.2, 0.25) is 0 Å². The van der Waals surface area contributed by atoms with Crippen molar-refractivity contribution in [3.63, 3.8) is 0 Å². The van der Waals surface area contributed by atoms with Crippen molar-refractivity contribution in [3.05, 3.63) is 42.1 Å². The van der Waals surface area contributed by atoms with Gasteiger partial charge in [0.1, 0.15) is 17.5 Å². The number of halogens is 2. The lowest BCUT2D eigenvalue weighted by Gasteiger charge is -2.00. The summed E-state index contributed by atoms with van der Waals surface area (Å²) >= 11 is 0. The topological polar surface area (TPSA) is 61.9 Å². The van der Waals surface area contributed by atoms with Crippen molar-refractivity contribution in [2.45, 2.75) is 0 Å². The maximum absolute atomic E-state index is 12.6. The third-order valence-corrected chi connectivity index (χ3v) is 1.38. The number of nitrogens with one attached hydrogen (secondary N) is 2. The number of nitrogens with two attached hydrogens (primary N) is 1. The lowest BCUT2D eigenvalue weighted by Crippen LogP contribution is -2.05. The molecule has 0 bridgehead atoms. The van der Waals surface area contributed by atoms with Gasteiger partial charge < -0.3 is 11.1 Å². The molecule has 1 aromatic carbocycles. The summed E-state index contributed by atoms with van der Waals surface area (Å²) < 4.78 is 25.3. The predicted molar refractivity (Wildman–Crippen MR) is 51.0 cm³/mol. The molecule has 0 saturated heterocycles. The average Bonchev–Trinajstić information content (AvgIpc) is 2.01. The van der Waals surface area contributed by atoms with Gasteiger partial charge in [-0.15, -0.1) is 0 Å². The van der Waals surface area contributed by atoms with Crippen molar-refractivity contribution >= 4 is 11.5 Å². The fraction of sp³-hybridized carbons (Fsp3) is 0. The summed E-state index contributed by atoms with van der Waals surface area (Å²) in [5, 5.41) is 9.42. The molecule has 5 heteroatoms. The lowest BCUT2D eigenvalue weighted by molar-refractivity contribution is 0.584. The van der Waals surface area contributed by atoms with E-state index in [-0.39, 0.29) is 11.5 Å². The molecule has 1 aromatic rings. The summed E-state index contributed by atoms with van der Waals surface area (Å²) in [4.78, 5) is 0. The average molecular weight is 197 g/mol. The van der Waals surface area contributed by atoms with Gasteiger partial charge in [-0.05, 0) is 18.2 Å². The van der Waals surface area contributed by atoms with Crippen LogP contribution in [-0.4, -0.2) is 5.84 Å². The van der Waals surface area contributed by atoms with Crippen LogP contribution < -0.4 is 11.1 Å². The smallest absolute Gasteiger partial charge is 0.128 e. The van der Waals surface area contributed by atoms with E-state index < -0.39 is 11.6 Å². The molecule has 4 N–H and O–H groups in total. The summed E-state index contributed by atoms with van der Waals surface area (Å²) in [5.74, 6) is -1.47. The molecule has 0 aliphatic carbocycles. The monoisotopic (exact) mass is 197 g/mol. The zero-order valence-corrected chi connectivity index (χ0v) is 7.22. The third-order valence-electron chi connectivity index (χ3n) is 1.38. The Morgan fingerprint density at radius 3 is 2.36 bits per heavy atom. The molecule has 0 spiro atoms. The van der Waals surface area contributed by atoms with Crippen LogP contribution in [0.4, 0.5) is 14.5 Å². The van der Waals surface area contributed by atoms with Crippen LogP contribution >= 0.6 is 0 Å². The van der Waals surface area contributed by atoms with Crippen LogP contribution in [0.2, 0.25) is 0 Å². The van der Waals surface area contributed by atoms with Crippen molar-refractivity contribution in [2.75, 3.05) is 5.32 Å². The second-order valence-corrected chi connectivity index (χ2v) is 2.59. The van der Waals surface area contributed by atoms with Crippen molar-refractivity contribution < 1.29 is 8.78 Å². The van der Waals surface area contributed by atoms with E-state index in [9.17, 15) is 8.78 Å². The predicted octanol–water partition coefficient (Wildman–Crippen LogP) is 1.83. The molecule has 14 heavy (non-hydrogen) atoms. The van der Waals surface area contributed by atoms with Gasteiger partial charge >= 0.3 is 0 Å². The van der Waals surface area contributed by atoms with E-state index >= 15 is 0 Å². The van der Waals surface area contributed by atoms with Gasteiger partial charge in [0.15, 0.2) is 0 Å². The Morgan fingerprint density at radius 1 is 1.29 bits per heavy atom. The SMILES string of the molecule is N=C(N)/C=C\Nc1cc(F)cc(F)c1. The normalized spacial score (nSPS) is 10.4. The first-order valence-corrected chi connectivity index (χ1v) is 3.81. The van der Waals surface area contributed by atoms with Gasteiger partial charge in [-0.2, -0.15) is 0 Å². The number of hydrogen-bond acceptors (Lipinski definition) is 2. The molecule has 0 fully saturated rings. The maximum atomic E-state index is 12.6. The molecule has 0 atom stereocenters. The fourth-order valence-electron chi connectivity index (χ4n) is 0.865. The van der Waals surface area contributed by atoms with Crippen molar-refractivity contribution in [3.8, 4) is 0 Å². The van der Waals surface area contributed by atoms with E-state index in [0.717, 1.165) is 18.2 Å². The van der Waals surface area contributed by atoms with E-state index in [2.05, 4.69) is 5.32 Å². The van der Waals surface area contributed by atoms with Crippen LogP contribution in [0.15, 0.2) is 30.5 Å². The van der Waals surface area contributed by atoms with Gasteiger partial charge in [-0.3, -0.25) is 5.41 Å². The highest BCUT2D eigenvalue weighted by Crippen LogP contribution is 2.12. The highest BCUT2D eigenvalue weighted by atomic mass is 19.1. The first kappa shape index (κ1) is 10.2. The zero-order valence-electron chi connectivity index (χ0n) is 7.22. The molecule has 0 aliphatic heterocycles. The number of hydrogen-bond donors (Lipinski definition) is 3. The molecule has 3 nitrogen and oxygen atoms in total. The van der Waals surface area contributed by atoms with Crippen LogP contribution in [0.5, 0.6) is 0 Å². The molecular formula is C9H9F2N3. The Labute approximate surface area is 79.7 Å². The highest BCUT2D eigenvalue weighted by Gasteiger charge is 1.97. The van der Waals surface area contributed by atoms with Crippen molar-refractivity contribution in [1.82, 2.24) is 0 Å².